The predicted octanol–water partition coefficient (Wildman–Crippen LogP) is 12.6. The lowest BCUT2D eigenvalue weighted by Crippen LogP contribution is -2.61. The standard InChI is InChI=1S/C54H42BN3/c1-4-16-37(17-5-1)40-35-52-54-53(36-40)58(42-20-8-3-9-21-42)51-34-39(30-33-47(51)55(54)46-24-12-15-27-50(46)57(52)41-18-6-2-7-19-41)38-28-31-43(32-29-38)56-48-25-13-10-22-44(48)45-23-11-14-26-49(45)56/h2-3,6-15,18-37H,1,4-5,16-17H2. The van der Waals surface area contributed by atoms with Crippen LogP contribution in [-0.2, 0) is 0 Å². The Kier molecular flexibility index (Phi) is 7.72. The second-order valence-corrected chi connectivity index (χ2v) is 16.3. The van der Waals surface area contributed by atoms with Crippen LogP contribution >= 0.6 is 0 Å². The third-order valence-corrected chi connectivity index (χ3v) is 13.1. The van der Waals surface area contributed by atoms with E-state index < -0.39 is 0 Å². The van der Waals surface area contributed by atoms with E-state index in [4.69, 9.17) is 0 Å². The molecule has 1 aliphatic carbocycles. The van der Waals surface area contributed by atoms with Crippen LogP contribution in [0.1, 0.15) is 43.6 Å². The van der Waals surface area contributed by atoms with Crippen molar-refractivity contribution in [3.63, 3.8) is 0 Å². The van der Waals surface area contributed by atoms with E-state index in [0.29, 0.717) is 5.92 Å². The van der Waals surface area contributed by atoms with Crippen molar-refractivity contribution in [3.05, 3.63) is 194 Å². The van der Waals surface area contributed by atoms with Crippen LogP contribution in [0.5, 0.6) is 0 Å². The lowest BCUT2D eigenvalue weighted by Gasteiger charge is -2.45. The molecule has 1 aromatic heterocycles. The van der Waals surface area contributed by atoms with Crippen molar-refractivity contribution in [2.75, 3.05) is 9.80 Å². The maximum atomic E-state index is 2.57. The summed E-state index contributed by atoms with van der Waals surface area (Å²) < 4.78 is 2.40. The normalized spacial score (nSPS) is 14.7. The van der Waals surface area contributed by atoms with Crippen molar-refractivity contribution in [1.82, 2.24) is 4.57 Å². The fourth-order valence-corrected chi connectivity index (χ4v) is 10.5. The van der Waals surface area contributed by atoms with Gasteiger partial charge in [0.2, 0.25) is 0 Å². The minimum atomic E-state index is 0.100. The van der Waals surface area contributed by atoms with E-state index in [9.17, 15) is 0 Å². The van der Waals surface area contributed by atoms with Crippen LogP contribution in [-0.4, -0.2) is 11.3 Å². The molecule has 0 amide bonds. The summed E-state index contributed by atoms with van der Waals surface area (Å²) in [7, 11) is 0. The van der Waals surface area contributed by atoms with Gasteiger partial charge in [-0.05, 0) is 125 Å². The molecule has 0 atom stereocenters. The highest BCUT2D eigenvalue weighted by atomic mass is 15.2. The number of para-hydroxylation sites is 5. The monoisotopic (exact) mass is 743 g/mol. The minimum absolute atomic E-state index is 0.100. The molecule has 0 unspecified atom stereocenters. The highest BCUT2D eigenvalue weighted by molar-refractivity contribution is 7.00. The van der Waals surface area contributed by atoms with Crippen molar-refractivity contribution in [2.24, 2.45) is 0 Å². The maximum Gasteiger partial charge on any atom is 0.252 e. The van der Waals surface area contributed by atoms with Gasteiger partial charge in [-0.2, -0.15) is 0 Å². The van der Waals surface area contributed by atoms with Gasteiger partial charge in [0.1, 0.15) is 0 Å². The van der Waals surface area contributed by atoms with E-state index in [0.717, 1.165) is 0 Å². The van der Waals surface area contributed by atoms with Gasteiger partial charge < -0.3 is 14.4 Å². The van der Waals surface area contributed by atoms with Crippen molar-refractivity contribution in [1.29, 1.82) is 0 Å². The third kappa shape index (κ3) is 5.14. The van der Waals surface area contributed by atoms with Gasteiger partial charge in [-0.1, -0.05) is 135 Å². The van der Waals surface area contributed by atoms with Crippen LogP contribution in [0, 0.1) is 0 Å². The molecule has 9 aromatic rings. The Morgan fingerprint density at radius 2 is 0.931 bits per heavy atom. The Bertz CT molecular complexity index is 2950. The average molecular weight is 744 g/mol. The molecule has 1 fully saturated rings. The van der Waals surface area contributed by atoms with Crippen LogP contribution in [0.15, 0.2) is 188 Å². The fourth-order valence-electron chi connectivity index (χ4n) is 10.5. The quantitative estimate of drug-likeness (QED) is 0.163. The van der Waals surface area contributed by atoms with Crippen LogP contribution in [0.3, 0.4) is 0 Å². The first-order chi connectivity index (χ1) is 28.8. The first-order valence-corrected chi connectivity index (χ1v) is 21.0. The van der Waals surface area contributed by atoms with Gasteiger partial charge in [-0.15, -0.1) is 0 Å². The molecule has 8 aromatic carbocycles. The van der Waals surface area contributed by atoms with Gasteiger partial charge in [0.15, 0.2) is 0 Å². The molecule has 3 heterocycles. The van der Waals surface area contributed by atoms with Gasteiger partial charge in [-0.3, -0.25) is 0 Å². The zero-order chi connectivity index (χ0) is 38.2. The molecule has 2 aliphatic heterocycles. The molecule has 0 bridgehead atoms. The molecule has 276 valence electrons. The smallest absolute Gasteiger partial charge is 0.252 e. The molecule has 0 spiro atoms. The number of hydrogen-bond acceptors (Lipinski definition) is 2. The Morgan fingerprint density at radius 3 is 1.59 bits per heavy atom. The summed E-state index contributed by atoms with van der Waals surface area (Å²) in [6.07, 6.45) is 6.44. The van der Waals surface area contributed by atoms with E-state index in [1.54, 1.807) is 0 Å². The Morgan fingerprint density at radius 1 is 0.397 bits per heavy atom. The molecule has 0 N–H and O–H groups in total. The van der Waals surface area contributed by atoms with Crippen LogP contribution < -0.4 is 26.2 Å². The van der Waals surface area contributed by atoms with Crippen molar-refractivity contribution in [2.45, 2.75) is 38.0 Å². The van der Waals surface area contributed by atoms with Gasteiger partial charge >= 0.3 is 0 Å². The van der Waals surface area contributed by atoms with Gasteiger partial charge in [0.25, 0.3) is 6.71 Å². The second kappa shape index (κ2) is 13.4. The molecule has 3 aliphatic rings. The zero-order valence-electron chi connectivity index (χ0n) is 32.4. The molecule has 12 rings (SSSR count). The van der Waals surface area contributed by atoms with Crippen molar-refractivity contribution in [3.8, 4) is 16.8 Å². The predicted molar refractivity (Wildman–Crippen MR) is 246 cm³/mol. The number of aromatic nitrogens is 1. The highest BCUT2D eigenvalue weighted by Gasteiger charge is 2.43. The van der Waals surface area contributed by atoms with Crippen LogP contribution in [0.4, 0.5) is 34.1 Å². The summed E-state index contributed by atoms with van der Waals surface area (Å²) in [5.74, 6) is 0.557. The molecular weight excluding hydrogens is 701 g/mol. The molecule has 0 radical (unpaired) electrons. The number of benzene rings is 8. The van der Waals surface area contributed by atoms with Crippen molar-refractivity contribution >= 4 is 79.0 Å². The van der Waals surface area contributed by atoms with E-state index in [1.165, 1.54) is 127 Å². The summed E-state index contributed by atoms with van der Waals surface area (Å²) in [6, 6.07) is 70.2. The Hall–Kier alpha value is -6.78. The van der Waals surface area contributed by atoms with Crippen molar-refractivity contribution < 1.29 is 0 Å². The lowest BCUT2D eigenvalue weighted by atomic mass is 9.33. The number of rotatable bonds is 5. The average Bonchev–Trinajstić information content (AvgIpc) is 3.64. The van der Waals surface area contributed by atoms with Gasteiger partial charge in [0.05, 0.1) is 11.0 Å². The third-order valence-electron chi connectivity index (χ3n) is 13.1. The lowest BCUT2D eigenvalue weighted by molar-refractivity contribution is 0.444. The number of nitrogens with zero attached hydrogens (tertiary/aromatic N) is 3. The molecule has 58 heavy (non-hydrogen) atoms. The second-order valence-electron chi connectivity index (χ2n) is 16.3. The van der Waals surface area contributed by atoms with Gasteiger partial charge in [-0.25, -0.2) is 0 Å². The summed E-state index contributed by atoms with van der Waals surface area (Å²) in [5, 5.41) is 2.56. The van der Waals surface area contributed by atoms with Crippen LogP contribution in [0.25, 0.3) is 38.6 Å². The SMILES string of the molecule is c1ccc(N2c3ccccc3B3c4ccc(-c5ccc(-n6c7ccccc7c7ccccc76)cc5)cc4N(c4ccccc4)c4cc(C5CCCCC5)cc2c43)cc1. The first-order valence-electron chi connectivity index (χ1n) is 21.0. The number of anilines is 6. The molecule has 1 saturated carbocycles. The van der Waals surface area contributed by atoms with Gasteiger partial charge in [0, 0.05) is 50.6 Å². The minimum Gasteiger partial charge on any atom is -0.311 e. The molecular formula is C54H42BN3. The summed E-state index contributed by atoms with van der Waals surface area (Å²) in [4.78, 5) is 5.11. The summed E-state index contributed by atoms with van der Waals surface area (Å²) >= 11 is 0. The molecule has 4 heteroatoms. The zero-order valence-corrected chi connectivity index (χ0v) is 32.4. The number of fused-ring (bicyclic) bond motifs is 7. The maximum absolute atomic E-state index is 2.57. The number of hydrogen-bond donors (Lipinski definition) is 0. The van der Waals surface area contributed by atoms with E-state index in [2.05, 4.69) is 202 Å². The Labute approximate surface area is 340 Å². The van der Waals surface area contributed by atoms with E-state index in [1.807, 2.05) is 0 Å². The highest BCUT2D eigenvalue weighted by Crippen LogP contribution is 2.47. The fraction of sp³-hybridized carbons (Fsp3) is 0.111. The van der Waals surface area contributed by atoms with E-state index in [-0.39, 0.29) is 6.71 Å². The van der Waals surface area contributed by atoms with Crippen LogP contribution in [0.2, 0.25) is 0 Å². The molecule has 0 saturated heterocycles. The largest absolute Gasteiger partial charge is 0.311 e. The van der Waals surface area contributed by atoms with E-state index >= 15 is 0 Å². The first kappa shape index (κ1) is 33.4. The summed E-state index contributed by atoms with van der Waals surface area (Å²) in [5.41, 5.74) is 19.1. The molecule has 3 nitrogen and oxygen atoms in total. The summed E-state index contributed by atoms with van der Waals surface area (Å²) in [6.45, 7) is 0.100. The topological polar surface area (TPSA) is 11.4 Å². The Balaban J connectivity index is 1.06.